The maximum atomic E-state index is 6.86. The van der Waals surface area contributed by atoms with Gasteiger partial charge in [-0.15, -0.1) is 0 Å². The highest BCUT2D eigenvalue weighted by atomic mass is 16.5. The normalized spacial score (nSPS) is 20.6. The van der Waals surface area contributed by atoms with Crippen molar-refractivity contribution in [1.29, 1.82) is 0 Å². The molecule has 5 nitrogen and oxygen atoms in total. The van der Waals surface area contributed by atoms with Crippen LogP contribution in [-0.4, -0.2) is 27.1 Å². The van der Waals surface area contributed by atoms with Gasteiger partial charge in [0.05, 0.1) is 28.5 Å². The molecule has 4 heterocycles. The Labute approximate surface area is 327 Å². The van der Waals surface area contributed by atoms with Crippen molar-refractivity contribution in [2.75, 3.05) is 4.90 Å². The van der Waals surface area contributed by atoms with E-state index in [4.69, 9.17) is 14.7 Å². The van der Waals surface area contributed by atoms with Gasteiger partial charge in [0.1, 0.15) is 11.4 Å². The number of nitrogens with zero attached hydrogens (tertiary/aromatic N) is 4. The third kappa shape index (κ3) is 5.71. The summed E-state index contributed by atoms with van der Waals surface area (Å²) in [5.74, 6) is 1.73. The molecule has 0 spiro atoms. The van der Waals surface area contributed by atoms with Crippen LogP contribution in [0.15, 0.2) is 90.1 Å². The van der Waals surface area contributed by atoms with E-state index in [9.17, 15) is 0 Å². The predicted octanol–water partition coefficient (Wildman–Crippen LogP) is 13.0. The molecule has 1 saturated carbocycles. The van der Waals surface area contributed by atoms with Crippen molar-refractivity contribution in [2.45, 2.75) is 130 Å². The van der Waals surface area contributed by atoms with E-state index in [-0.39, 0.29) is 27.9 Å². The van der Waals surface area contributed by atoms with Gasteiger partial charge in [-0.05, 0) is 134 Å². The predicted molar refractivity (Wildman–Crippen MR) is 231 cm³/mol. The molecule has 0 N–H and O–H groups in total. The number of hydrogen-bond acceptors (Lipinski definition) is 4. The molecule has 1 aliphatic carbocycles. The van der Waals surface area contributed by atoms with Crippen molar-refractivity contribution in [3.63, 3.8) is 0 Å². The van der Waals surface area contributed by atoms with Gasteiger partial charge in [-0.1, -0.05) is 91.1 Å². The second kappa shape index (κ2) is 12.0. The standard InChI is InChI=1S/C50H56N4O/c1-30-15-17-40-36(22-30)37-28-39-43(29-42(37)54(40)45-27-33(19-21-51-45)47(3,4)5)53(41-18-16-31(2)23-38(41)49(39,9)10)35-25-32(24-34(26-35)48(6,7)8)46-52-44-14-12-13-20-50(44,11)55-46/h15-19,21-29,44H,12-14,20H2,1-11H3/t44-,50-/m0/s1. The second-order valence-corrected chi connectivity index (χ2v) is 19.5. The molecule has 2 aliphatic heterocycles. The first-order valence-electron chi connectivity index (χ1n) is 20.3. The summed E-state index contributed by atoms with van der Waals surface area (Å²) < 4.78 is 9.24. The van der Waals surface area contributed by atoms with Crippen LogP contribution in [0.4, 0.5) is 17.1 Å². The molecule has 55 heavy (non-hydrogen) atoms. The Morgan fingerprint density at radius 2 is 1.40 bits per heavy atom. The lowest BCUT2D eigenvalue weighted by molar-refractivity contribution is 0.0447. The molecule has 0 radical (unpaired) electrons. The molecular formula is C50H56N4O. The lowest BCUT2D eigenvalue weighted by Gasteiger charge is -2.42. The summed E-state index contributed by atoms with van der Waals surface area (Å²) in [6, 6.07) is 30.5. The molecule has 1 fully saturated rings. The first kappa shape index (κ1) is 35.8. The fraction of sp³-hybridized carbons (Fsp3) is 0.400. The second-order valence-electron chi connectivity index (χ2n) is 19.5. The van der Waals surface area contributed by atoms with Gasteiger partial charge in [-0.25, -0.2) is 9.98 Å². The maximum Gasteiger partial charge on any atom is 0.217 e. The number of pyridine rings is 1. The summed E-state index contributed by atoms with van der Waals surface area (Å²) in [4.78, 5) is 12.8. The summed E-state index contributed by atoms with van der Waals surface area (Å²) in [6.45, 7) is 25.2. The van der Waals surface area contributed by atoms with Gasteiger partial charge in [0.25, 0.3) is 0 Å². The van der Waals surface area contributed by atoms with Crippen LogP contribution in [0.1, 0.15) is 127 Å². The van der Waals surface area contributed by atoms with Gasteiger partial charge < -0.3 is 9.64 Å². The van der Waals surface area contributed by atoms with Crippen LogP contribution in [0.2, 0.25) is 0 Å². The van der Waals surface area contributed by atoms with Gasteiger partial charge in [-0.2, -0.15) is 0 Å². The van der Waals surface area contributed by atoms with Crippen LogP contribution in [0, 0.1) is 13.8 Å². The highest BCUT2D eigenvalue weighted by Gasteiger charge is 2.45. The molecule has 282 valence electrons. The highest BCUT2D eigenvalue weighted by molar-refractivity contribution is 6.12. The third-order valence-corrected chi connectivity index (χ3v) is 12.9. The van der Waals surface area contributed by atoms with Gasteiger partial charge in [0.2, 0.25) is 5.90 Å². The minimum Gasteiger partial charge on any atom is -0.469 e. The quantitative estimate of drug-likeness (QED) is 0.182. The Morgan fingerprint density at radius 1 is 0.691 bits per heavy atom. The SMILES string of the molecule is Cc1ccc2c(c1)C(C)(C)c1cc3c4cc(C)ccc4n(-c4cc(C(C)(C)C)ccn4)c3cc1N2c1cc(C2=N[C@H]3CCCC[C@]3(C)O2)cc(C(C)(C)C)c1. The summed E-state index contributed by atoms with van der Waals surface area (Å²) in [6.07, 6.45) is 6.52. The number of fused-ring (bicyclic) bond motifs is 6. The van der Waals surface area contributed by atoms with Crippen molar-refractivity contribution < 1.29 is 4.74 Å². The monoisotopic (exact) mass is 728 g/mol. The first-order chi connectivity index (χ1) is 25.9. The molecule has 2 atom stereocenters. The molecule has 0 saturated heterocycles. The van der Waals surface area contributed by atoms with E-state index >= 15 is 0 Å². The molecule has 0 amide bonds. The topological polar surface area (TPSA) is 42.7 Å². The smallest absolute Gasteiger partial charge is 0.217 e. The number of benzene rings is 4. The molecule has 0 unspecified atom stereocenters. The summed E-state index contributed by atoms with van der Waals surface area (Å²) in [5, 5.41) is 2.50. The van der Waals surface area contributed by atoms with Crippen LogP contribution in [-0.2, 0) is 21.0 Å². The van der Waals surface area contributed by atoms with Crippen LogP contribution < -0.4 is 4.90 Å². The van der Waals surface area contributed by atoms with Gasteiger partial charge in [0, 0.05) is 33.6 Å². The van der Waals surface area contributed by atoms with E-state index in [1.807, 2.05) is 6.20 Å². The lowest BCUT2D eigenvalue weighted by Crippen LogP contribution is -2.39. The number of aryl methyl sites for hydroxylation is 2. The Kier molecular flexibility index (Phi) is 7.84. The van der Waals surface area contributed by atoms with Crippen molar-refractivity contribution >= 4 is 44.8 Å². The minimum absolute atomic E-state index is 0.00677. The van der Waals surface area contributed by atoms with Gasteiger partial charge in [0.15, 0.2) is 0 Å². The summed E-state index contributed by atoms with van der Waals surface area (Å²) >= 11 is 0. The number of anilines is 3. The van der Waals surface area contributed by atoms with Crippen LogP contribution >= 0.6 is 0 Å². The van der Waals surface area contributed by atoms with Crippen LogP contribution in [0.5, 0.6) is 0 Å². The zero-order valence-electron chi connectivity index (χ0n) is 34.7. The molecular weight excluding hydrogens is 673 g/mol. The Balaban J connectivity index is 1.34. The number of aliphatic imine (C=N–C) groups is 1. The van der Waals surface area contributed by atoms with Crippen LogP contribution in [0.25, 0.3) is 27.6 Å². The van der Waals surface area contributed by atoms with E-state index in [0.717, 1.165) is 41.3 Å². The maximum absolute atomic E-state index is 6.86. The fourth-order valence-electron chi connectivity index (χ4n) is 9.43. The van der Waals surface area contributed by atoms with E-state index in [1.165, 1.54) is 73.9 Å². The Hall–Kier alpha value is -4.90. The minimum atomic E-state index is -0.253. The van der Waals surface area contributed by atoms with Crippen molar-refractivity contribution in [1.82, 2.24) is 9.55 Å². The number of rotatable bonds is 3. The van der Waals surface area contributed by atoms with E-state index in [1.54, 1.807) is 0 Å². The highest BCUT2D eigenvalue weighted by Crippen LogP contribution is 2.54. The zero-order chi connectivity index (χ0) is 38.8. The molecule has 2 aromatic heterocycles. The average molecular weight is 729 g/mol. The summed E-state index contributed by atoms with van der Waals surface area (Å²) in [7, 11) is 0. The fourth-order valence-corrected chi connectivity index (χ4v) is 9.43. The van der Waals surface area contributed by atoms with Crippen molar-refractivity contribution in [3.8, 4) is 5.82 Å². The van der Waals surface area contributed by atoms with Gasteiger partial charge in [-0.3, -0.25) is 4.57 Å². The molecule has 5 heteroatoms. The van der Waals surface area contributed by atoms with Crippen molar-refractivity contribution in [2.24, 2.45) is 4.99 Å². The Morgan fingerprint density at radius 3 is 2.15 bits per heavy atom. The average Bonchev–Trinajstić information content (AvgIpc) is 3.65. The molecule has 3 aliphatic rings. The number of ether oxygens (including phenoxy) is 1. The number of aromatic nitrogens is 2. The zero-order valence-corrected chi connectivity index (χ0v) is 34.7. The van der Waals surface area contributed by atoms with E-state index < -0.39 is 0 Å². The summed E-state index contributed by atoms with van der Waals surface area (Å²) in [5.41, 5.74) is 14.0. The number of hydrogen-bond donors (Lipinski definition) is 0. The lowest BCUT2D eigenvalue weighted by atomic mass is 9.72. The van der Waals surface area contributed by atoms with E-state index in [2.05, 4.69) is 164 Å². The molecule has 0 bridgehead atoms. The van der Waals surface area contributed by atoms with Crippen molar-refractivity contribution in [3.05, 3.63) is 124 Å². The molecule has 6 aromatic rings. The van der Waals surface area contributed by atoms with E-state index in [0.29, 0.717) is 0 Å². The molecule has 9 rings (SSSR count). The molecule has 4 aromatic carbocycles. The third-order valence-electron chi connectivity index (χ3n) is 12.9. The first-order valence-corrected chi connectivity index (χ1v) is 20.3. The Bertz CT molecular complexity index is 2570. The van der Waals surface area contributed by atoms with Gasteiger partial charge >= 0.3 is 0 Å². The largest absolute Gasteiger partial charge is 0.469 e. The van der Waals surface area contributed by atoms with Crippen LogP contribution in [0.3, 0.4) is 0 Å².